The number of hydrogen-bond acceptors (Lipinski definition) is 14. The van der Waals surface area contributed by atoms with Crippen molar-refractivity contribution in [1.29, 1.82) is 0 Å². The highest BCUT2D eigenvalue weighted by Gasteiger charge is 2.47. The number of ether oxygens (including phenoxy) is 6. The van der Waals surface area contributed by atoms with Crippen LogP contribution in [-0.4, -0.2) is 142 Å². The predicted molar refractivity (Wildman–Crippen MR) is 284 cm³/mol. The fourth-order valence-corrected chi connectivity index (χ4v) is 9.99. The van der Waals surface area contributed by atoms with Crippen molar-refractivity contribution in [3.63, 3.8) is 0 Å². The fourth-order valence-electron chi connectivity index (χ4n) is 9.99. The number of unbranched alkanes of at least 4 members (excludes halogenated alkanes) is 36. The van der Waals surface area contributed by atoms with Crippen molar-refractivity contribution in [2.75, 3.05) is 33.0 Å². The Bertz CT molecular complexity index is 1200. The van der Waals surface area contributed by atoms with E-state index in [0.29, 0.717) is 6.61 Å². The molecular formula is C58H112O14. The molecule has 0 aromatic rings. The molecule has 2 heterocycles. The SMILES string of the molecule is CCCCCCCCCCCCCCCCCCCCCCCCCCCOCC(COC1OC(COC2OC(CO)C(O)C(O)C2O)C(O)C(O)C1O)OC(=O)CCCCCCCCCCCCCCC. The summed E-state index contributed by atoms with van der Waals surface area (Å²) in [7, 11) is 0. The summed E-state index contributed by atoms with van der Waals surface area (Å²) in [4.78, 5) is 13.0. The van der Waals surface area contributed by atoms with Gasteiger partial charge in [0, 0.05) is 13.0 Å². The first-order chi connectivity index (χ1) is 35.1. The van der Waals surface area contributed by atoms with E-state index in [9.17, 15) is 40.5 Å². The summed E-state index contributed by atoms with van der Waals surface area (Å²) in [6.45, 7) is 3.76. The first-order valence-electron chi connectivity index (χ1n) is 30.1. The lowest BCUT2D eigenvalue weighted by molar-refractivity contribution is -0.332. The van der Waals surface area contributed by atoms with E-state index in [0.717, 1.165) is 44.9 Å². The van der Waals surface area contributed by atoms with Crippen LogP contribution in [0.1, 0.15) is 264 Å². The van der Waals surface area contributed by atoms with E-state index in [1.165, 1.54) is 199 Å². The molecule has 428 valence electrons. The predicted octanol–water partition coefficient (Wildman–Crippen LogP) is 10.8. The molecule has 72 heavy (non-hydrogen) atoms. The van der Waals surface area contributed by atoms with Gasteiger partial charge in [0.15, 0.2) is 12.6 Å². The molecule has 2 saturated heterocycles. The van der Waals surface area contributed by atoms with E-state index in [-0.39, 0.29) is 25.6 Å². The monoisotopic (exact) mass is 1030 g/mol. The van der Waals surface area contributed by atoms with Crippen LogP contribution in [0.5, 0.6) is 0 Å². The molecule has 11 unspecified atom stereocenters. The molecular weight excluding hydrogens is 921 g/mol. The first kappa shape index (κ1) is 67.1. The molecule has 0 aliphatic carbocycles. The third-order valence-corrected chi connectivity index (χ3v) is 14.9. The van der Waals surface area contributed by atoms with Crippen molar-refractivity contribution in [3.05, 3.63) is 0 Å². The molecule has 2 fully saturated rings. The number of esters is 1. The van der Waals surface area contributed by atoms with Gasteiger partial charge in [0.2, 0.25) is 0 Å². The van der Waals surface area contributed by atoms with Gasteiger partial charge in [-0.3, -0.25) is 4.79 Å². The minimum absolute atomic E-state index is 0.0708. The number of hydrogen-bond donors (Lipinski definition) is 7. The Balaban J connectivity index is 1.65. The van der Waals surface area contributed by atoms with Gasteiger partial charge in [-0.2, -0.15) is 0 Å². The molecule has 11 atom stereocenters. The summed E-state index contributed by atoms with van der Waals surface area (Å²) in [5.41, 5.74) is 0. The molecule has 0 bridgehead atoms. The van der Waals surface area contributed by atoms with Crippen LogP contribution in [-0.2, 0) is 33.2 Å². The van der Waals surface area contributed by atoms with Crippen molar-refractivity contribution >= 4 is 5.97 Å². The number of carbonyl (C=O) groups is 1. The molecule has 0 saturated carbocycles. The van der Waals surface area contributed by atoms with Gasteiger partial charge in [0.25, 0.3) is 0 Å². The van der Waals surface area contributed by atoms with E-state index < -0.39 is 80.7 Å². The average Bonchev–Trinajstić information content (AvgIpc) is 3.38. The zero-order chi connectivity index (χ0) is 52.3. The minimum Gasteiger partial charge on any atom is -0.457 e. The van der Waals surface area contributed by atoms with Crippen molar-refractivity contribution in [2.24, 2.45) is 0 Å². The molecule has 0 aromatic heterocycles. The van der Waals surface area contributed by atoms with E-state index in [4.69, 9.17) is 28.4 Å². The van der Waals surface area contributed by atoms with E-state index >= 15 is 0 Å². The topological polar surface area (TPSA) is 214 Å². The zero-order valence-corrected chi connectivity index (χ0v) is 46.0. The Morgan fingerprint density at radius 3 is 1.12 bits per heavy atom. The molecule has 2 aliphatic rings. The van der Waals surface area contributed by atoms with Crippen LogP contribution >= 0.6 is 0 Å². The van der Waals surface area contributed by atoms with Crippen LogP contribution in [0.4, 0.5) is 0 Å². The van der Waals surface area contributed by atoms with Gasteiger partial charge in [0.05, 0.1) is 26.4 Å². The van der Waals surface area contributed by atoms with Gasteiger partial charge in [-0.05, 0) is 12.8 Å². The maximum absolute atomic E-state index is 13.0. The Morgan fingerprint density at radius 1 is 0.403 bits per heavy atom. The van der Waals surface area contributed by atoms with Gasteiger partial charge in [0.1, 0.15) is 54.9 Å². The van der Waals surface area contributed by atoms with Gasteiger partial charge in [-0.15, -0.1) is 0 Å². The van der Waals surface area contributed by atoms with Crippen molar-refractivity contribution in [1.82, 2.24) is 0 Å². The highest BCUT2D eigenvalue weighted by molar-refractivity contribution is 5.69. The van der Waals surface area contributed by atoms with E-state index in [2.05, 4.69) is 13.8 Å². The van der Waals surface area contributed by atoms with Crippen LogP contribution < -0.4 is 0 Å². The highest BCUT2D eigenvalue weighted by Crippen LogP contribution is 2.27. The molecule has 14 heteroatoms. The number of aliphatic hydroxyl groups is 7. The lowest BCUT2D eigenvalue weighted by Crippen LogP contribution is -2.61. The molecule has 2 aliphatic heterocycles. The van der Waals surface area contributed by atoms with Crippen molar-refractivity contribution < 1.29 is 69.0 Å². The third-order valence-electron chi connectivity index (χ3n) is 14.9. The maximum atomic E-state index is 13.0. The molecule has 0 aromatic carbocycles. The number of carbonyl (C=O) groups excluding carboxylic acids is 1. The summed E-state index contributed by atoms with van der Waals surface area (Å²) >= 11 is 0. The smallest absolute Gasteiger partial charge is 0.306 e. The summed E-state index contributed by atoms with van der Waals surface area (Å²) < 4.78 is 34.4. The van der Waals surface area contributed by atoms with Gasteiger partial charge in [-0.1, -0.05) is 245 Å². The molecule has 14 nitrogen and oxygen atoms in total. The number of aliphatic hydroxyl groups excluding tert-OH is 7. The number of rotatable bonds is 50. The van der Waals surface area contributed by atoms with Crippen molar-refractivity contribution in [2.45, 2.75) is 332 Å². The largest absolute Gasteiger partial charge is 0.457 e. The quantitative estimate of drug-likeness (QED) is 0.0223. The summed E-state index contributed by atoms with van der Waals surface area (Å²) in [5, 5.41) is 72.3. The van der Waals surface area contributed by atoms with Crippen LogP contribution in [0.15, 0.2) is 0 Å². The van der Waals surface area contributed by atoms with Crippen LogP contribution in [0, 0.1) is 0 Å². The fraction of sp³-hybridized carbons (Fsp3) is 0.983. The summed E-state index contributed by atoms with van der Waals surface area (Å²) in [6.07, 6.45) is 33.2. The Labute approximate surface area is 438 Å². The molecule has 7 N–H and O–H groups in total. The summed E-state index contributed by atoms with van der Waals surface area (Å²) in [6, 6.07) is 0. The van der Waals surface area contributed by atoms with Gasteiger partial charge >= 0.3 is 5.97 Å². The minimum atomic E-state index is -1.70. The maximum Gasteiger partial charge on any atom is 0.306 e. The second kappa shape index (κ2) is 46.1. The average molecular weight is 1030 g/mol. The second-order valence-corrected chi connectivity index (χ2v) is 21.5. The molecule has 2 rings (SSSR count). The Kier molecular flexibility index (Phi) is 43.0. The van der Waals surface area contributed by atoms with Crippen LogP contribution in [0.25, 0.3) is 0 Å². The Hall–Kier alpha value is -1.01. The van der Waals surface area contributed by atoms with Gasteiger partial charge < -0.3 is 64.2 Å². The van der Waals surface area contributed by atoms with Crippen molar-refractivity contribution in [3.8, 4) is 0 Å². The summed E-state index contributed by atoms with van der Waals surface area (Å²) in [5.74, 6) is -0.369. The third kappa shape index (κ3) is 32.5. The van der Waals surface area contributed by atoms with Crippen LogP contribution in [0.2, 0.25) is 0 Å². The molecule has 0 spiro atoms. The standard InChI is InChI=1S/C58H112O14/c1-3-5-7-9-11-13-15-17-18-19-20-21-22-23-24-25-26-27-28-30-32-34-36-38-40-42-67-44-47(70-50(60)41-39-37-35-33-31-29-16-14-12-10-8-6-4-2)45-68-57-56(66)54(64)52(62)49(72-57)46-69-58-55(65)53(63)51(61)48(43-59)71-58/h47-49,51-59,61-66H,3-46H2,1-2H3. The normalized spacial score (nSPS) is 25.0. The lowest BCUT2D eigenvalue weighted by Gasteiger charge is -2.42. The molecule has 0 radical (unpaired) electrons. The second-order valence-electron chi connectivity index (χ2n) is 21.5. The zero-order valence-electron chi connectivity index (χ0n) is 46.0. The van der Waals surface area contributed by atoms with E-state index in [1.54, 1.807) is 0 Å². The highest BCUT2D eigenvalue weighted by atomic mass is 16.7. The lowest BCUT2D eigenvalue weighted by atomic mass is 9.98. The van der Waals surface area contributed by atoms with E-state index in [1.807, 2.05) is 0 Å². The Morgan fingerprint density at radius 2 is 0.736 bits per heavy atom. The first-order valence-corrected chi connectivity index (χ1v) is 30.1. The van der Waals surface area contributed by atoms with Gasteiger partial charge in [-0.25, -0.2) is 0 Å². The molecule has 0 amide bonds. The van der Waals surface area contributed by atoms with Crippen LogP contribution in [0.3, 0.4) is 0 Å².